The molecule has 3 N–H and O–H groups in total. The van der Waals surface area contributed by atoms with E-state index in [0.29, 0.717) is 24.3 Å². The molecular weight excluding hydrogens is 206 g/mol. The minimum atomic E-state index is 0.322. The summed E-state index contributed by atoms with van der Waals surface area (Å²) >= 11 is 0. The molecule has 0 bridgehead atoms. The topological polar surface area (TPSA) is 71.1 Å². The summed E-state index contributed by atoms with van der Waals surface area (Å²) < 4.78 is 5.52. The molecule has 5 nitrogen and oxygen atoms in total. The normalized spacial score (nSPS) is 27.3. The van der Waals surface area contributed by atoms with E-state index in [2.05, 4.69) is 10.1 Å². The fourth-order valence-corrected chi connectivity index (χ4v) is 2.35. The van der Waals surface area contributed by atoms with Gasteiger partial charge < -0.3 is 15.7 Å². The van der Waals surface area contributed by atoms with Crippen molar-refractivity contribution in [1.82, 2.24) is 4.90 Å². The van der Waals surface area contributed by atoms with Gasteiger partial charge in [-0.1, -0.05) is 5.16 Å². The van der Waals surface area contributed by atoms with Crippen LogP contribution in [0.15, 0.2) is 5.16 Å². The lowest BCUT2D eigenvalue weighted by atomic mass is 10.1. The number of hydrogen-bond donors (Lipinski definition) is 2. The van der Waals surface area contributed by atoms with Gasteiger partial charge in [0.2, 0.25) is 0 Å². The van der Waals surface area contributed by atoms with Crippen LogP contribution >= 0.6 is 0 Å². The third kappa shape index (κ3) is 3.09. The van der Waals surface area contributed by atoms with Crippen molar-refractivity contribution in [3.05, 3.63) is 0 Å². The number of ether oxygens (including phenoxy) is 1. The number of nitrogens with zero attached hydrogens (tertiary/aromatic N) is 2. The van der Waals surface area contributed by atoms with Crippen LogP contribution in [0.2, 0.25) is 0 Å². The first-order valence-corrected chi connectivity index (χ1v) is 6.11. The fraction of sp³-hybridized carbons (Fsp3) is 0.909. The molecule has 16 heavy (non-hydrogen) atoms. The van der Waals surface area contributed by atoms with Gasteiger partial charge in [0.15, 0.2) is 0 Å². The Kier molecular flexibility index (Phi) is 4.01. The van der Waals surface area contributed by atoms with Gasteiger partial charge in [0.1, 0.15) is 5.84 Å². The highest BCUT2D eigenvalue weighted by atomic mass is 16.5. The molecule has 0 amide bonds. The zero-order valence-corrected chi connectivity index (χ0v) is 9.64. The van der Waals surface area contributed by atoms with E-state index >= 15 is 0 Å². The Morgan fingerprint density at radius 2 is 2.19 bits per heavy atom. The van der Waals surface area contributed by atoms with Crippen molar-refractivity contribution in [3.8, 4) is 0 Å². The van der Waals surface area contributed by atoms with Crippen LogP contribution in [0.25, 0.3) is 0 Å². The Hall–Kier alpha value is -0.810. The molecule has 1 unspecified atom stereocenters. The van der Waals surface area contributed by atoms with Crippen molar-refractivity contribution in [1.29, 1.82) is 0 Å². The Balaban J connectivity index is 1.84. The second-order valence-electron chi connectivity index (χ2n) is 4.68. The average molecular weight is 227 g/mol. The highest BCUT2D eigenvalue weighted by Crippen LogP contribution is 2.30. The summed E-state index contributed by atoms with van der Waals surface area (Å²) in [5.41, 5.74) is 5.51. The summed E-state index contributed by atoms with van der Waals surface area (Å²) in [5, 5.41) is 11.6. The monoisotopic (exact) mass is 227 g/mol. The van der Waals surface area contributed by atoms with Crippen LogP contribution in [0, 0.1) is 0 Å². The zero-order chi connectivity index (χ0) is 11.4. The fourth-order valence-electron chi connectivity index (χ4n) is 2.35. The summed E-state index contributed by atoms with van der Waals surface area (Å²) in [5.74, 6) is 0.322. The van der Waals surface area contributed by atoms with E-state index < -0.39 is 0 Å². The number of hydrogen-bond acceptors (Lipinski definition) is 4. The highest BCUT2D eigenvalue weighted by molar-refractivity contribution is 5.79. The molecule has 2 rings (SSSR count). The lowest BCUT2D eigenvalue weighted by Gasteiger charge is -2.34. The van der Waals surface area contributed by atoms with E-state index in [1.807, 2.05) is 0 Å². The van der Waals surface area contributed by atoms with Crippen LogP contribution in [-0.2, 0) is 4.74 Å². The molecule has 0 aromatic rings. The highest BCUT2D eigenvalue weighted by Gasteiger charge is 2.34. The van der Waals surface area contributed by atoms with Crippen molar-refractivity contribution in [2.75, 3.05) is 19.8 Å². The molecule has 0 spiro atoms. The molecule has 92 valence electrons. The van der Waals surface area contributed by atoms with Crippen LogP contribution in [0.4, 0.5) is 0 Å². The Labute approximate surface area is 96.2 Å². The molecule has 0 radical (unpaired) electrons. The van der Waals surface area contributed by atoms with Gasteiger partial charge in [-0.25, -0.2) is 0 Å². The largest absolute Gasteiger partial charge is 0.409 e. The molecule has 0 aromatic heterocycles. The van der Waals surface area contributed by atoms with Crippen molar-refractivity contribution >= 4 is 5.84 Å². The first kappa shape index (κ1) is 11.7. The predicted molar refractivity (Wildman–Crippen MR) is 61.6 cm³/mol. The molecule has 1 saturated heterocycles. The van der Waals surface area contributed by atoms with Gasteiger partial charge in [-0.2, -0.15) is 0 Å². The smallest absolute Gasteiger partial charge is 0.140 e. The molecule has 2 aliphatic rings. The predicted octanol–water partition coefficient (Wildman–Crippen LogP) is 0.766. The molecule has 5 heteroatoms. The molecule has 2 fully saturated rings. The lowest BCUT2D eigenvalue weighted by Crippen LogP contribution is -2.43. The van der Waals surface area contributed by atoms with Gasteiger partial charge >= 0.3 is 0 Å². The van der Waals surface area contributed by atoms with Crippen LogP contribution in [0.1, 0.15) is 32.1 Å². The number of nitrogens with two attached hydrogens (primary N) is 1. The molecule has 1 saturated carbocycles. The Morgan fingerprint density at radius 1 is 1.38 bits per heavy atom. The minimum absolute atomic E-state index is 0.322. The second-order valence-corrected chi connectivity index (χ2v) is 4.68. The first-order chi connectivity index (χ1) is 7.81. The van der Waals surface area contributed by atoms with E-state index in [1.54, 1.807) is 0 Å². The number of rotatable bonds is 5. The van der Waals surface area contributed by atoms with Crippen LogP contribution in [0.3, 0.4) is 0 Å². The quantitative estimate of drug-likeness (QED) is 0.315. The van der Waals surface area contributed by atoms with Gasteiger partial charge in [-0.05, 0) is 25.7 Å². The first-order valence-electron chi connectivity index (χ1n) is 6.11. The van der Waals surface area contributed by atoms with Gasteiger partial charge in [-0.3, -0.25) is 4.90 Å². The van der Waals surface area contributed by atoms with Gasteiger partial charge in [0.05, 0.1) is 6.61 Å². The van der Waals surface area contributed by atoms with Gasteiger partial charge in [-0.15, -0.1) is 0 Å². The third-order valence-corrected chi connectivity index (χ3v) is 3.38. The van der Waals surface area contributed by atoms with Crippen molar-refractivity contribution in [3.63, 3.8) is 0 Å². The third-order valence-electron chi connectivity index (χ3n) is 3.38. The van der Waals surface area contributed by atoms with Crippen LogP contribution < -0.4 is 5.73 Å². The standard InChI is InChI=1S/C11H21N3O2/c12-11(13-15)5-6-14(9-3-4-9)10-2-1-7-16-8-10/h9-10,15H,1-8H2,(H2,12,13). The van der Waals surface area contributed by atoms with Gasteiger partial charge in [0, 0.05) is 31.7 Å². The summed E-state index contributed by atoms with van der Waals surface area (Å²) in [4.78, 5) is 2.48. The molecule has 1 heterocycles. The van der Waals surface area contributed by atoms with Crippen molar-refractivity contribution in [2.45, 2.75) is 44.2 Å². The van der Waals surface area contributed by atoms with E-state index in [0.717, 1.165) is 26.2 Å². The maximum atomic E-state index is 8.53. The van der Waals surface area contributed by atoms with E-state index in [-0.39, 0.29) is 0 Å². The second kappa shape index (κ2) is 5.50. The average Bonchev–Trinajstić information content (AvgIpc) is 3.15. The molecule has 1 aliphatic carbocycles. The molecule has 0 aromatic carbocycles. The lowest BCUT2D eigenvalue weighted by molar-refractivity contribution is 0.0153. The summed E-state index contributed by atoms with van der Waals surface area (Å²) in [6.45, 7) is 2.62. The zero-order valence-electron chi connectivity index (χ0n) is 9.64. The van der Waals surface area contributed by atoms with Crippen molar-refractivity contribution < 1.29 is 9.94 Å². The molecular formula is C11H21N3O2. The number of amidine groups is 1. The van der Waals surface area contributed by atoms with E-state index in [1.165, 1.54) is 19.3 Å². The summed E-state index contributed by atoms with van der Waals surface area (Å²) in [6, 6.07) is 1.24. The van der Waals surface area contributed by atoms with Crippen LogP contribution in [0.5, 0.6) is 0 Å². The van der Waals surface area contributed by atoms with E-state index in [9.17, 15) is 0 Å². The molecule has 1 aliphatic heterocycles. The Morgan fingerprint density at radius 3 is 2.75 bits per heavy atom. The summed E-state index contributed by atoms with van der Waals surface area (Å²) in [6.07, 6.45) is 5.58. The van der Waals surface area contributed by atoms with Crippen molar-refractivity contribution in [2.24, 2.45) is 10.9 Å². The van der Waals surface area contributed by atoms with Crippen LogP contribution in [-0.4, -0.2) is 47.8 Å². The summed E-state index contributed by atoms with van der Waals surface area (Å²) in [7, 11) is 0. The molecule has 1 atom stereocenters. The maximum absolute atomic E-state index is 8.53. The van der Waals surface area contributed by atoms with E-state index in [4.69, 9.17) is 15.7 Å². The van der Waals surface area contributed by atoms with Gasteiger partial charge in [0.25, 0.3) is 0 Å². The Bertz CT molecular complexity index is 248. The minimum Gasteiger partial charge on any atom is -0.409 e. The maximum Gasteiger partial charge on any atom is 0.140 e. The SMILES string of the molecule is NC(CCN(C1CC1)C1CCCOC1)=NO. The number of oxime groups is 1.